The molecule has 1 rings (SSSR count). The predicted molar refractivity (Wildman–Crippen MR) is 54.0 cm³/mol. The van der Waals surface area contributed by atoms with Crippen LogP contribution in [-0.2, 0) is 0 Å². The van der Waals surface area contributed by atoms with Crippen molar-refractivity contribution in [2.24, 2.45) is 17.1 Å². The Morgan fingerprint density at radius 2 is 2.17 bits per heavy atom. The molecule has 3 atom stereocenters. The predicted octanol–water partition coefficient (Wildman–Crippen LogP) is 2.94. The molecule has 0 saturated heterocycles. The second-order valence-electron chi connectivity index (χ2n) is 4.86. The van der Waals surface area contributed by atoms with Crippen LogP contribution in [0.15, 0.2) is 0 Å². The highest BCUT2D eigenvalue weighted by molar-refractivity contribution is 4.92. The molecule has 1 aliphatic rings. The van der Waals surface area contributed by atoms with Crippen molar-refractivity contribution in [3.63, 3.8) is 0 Å². The van der Waals surface area contributed by atoms with Gasteiger partial charge in [0.15, 0.2) is 0 Å². The van der Waals surface area contributed by atoms with Crippen LogP contribution in [0.1, 0.15) is 52.9 Å². The van der Waals surface area contributed by atoms with Crippen molar-refractivity contribution in [2.75, 3.05) is 0 Å². The fraction of sp³-hybridized carbons (Fsp3) is 1.00. The van der Waals surface area contributed by atoms with Gasteiger partial charge in [0.25, 0.3) is 0 Å². The van der Waals surface area contributed by atoms with Crippen LogP contribution in [0.3, 0.4) is 0 Å². The van der Waals surface area contributed by atoms with Gasteiger partial charge < -0.3 is 5.73 Å². The van der Waals surface area contributed by atoms with Crippen molar-refractivity contribution in [2.45, 2.75) is 58.9 Å². The number of unbranched alkanes of at least 4 members (excludes halogenated alkanes) is 1. The maximum Gasteiger partial charge on any atom is 0.00468 e. The summed E-state index contributed by atoms with van der Waals surface area (Å²) in [5, 5.41) is 0. The lowest BCUT2D eigenvalue weighted by molar-refractivity contribution is 0.218. The van der Waals surface area contributed by atoms with Crippen molar-refractivity contribution >= 4 is 0 Å². The van der Waals surface area contributed by atoms with Crippen molar-refractivity contribution < 1.29 is 0 Å². The normalized spacial score (nSPS) is 42.0. The minimum Gasteiger partial charge on any atom is -0.328 e. The standard InChI is InChI=1S/C11H23N/c1-4-5-6-11(3)8-10(12)7-9(11)2/h9-10H,4-8,12H2,1-3H3/t9?,10-,11-/m1/s1. The maximum absolute atomic E-state index is 5.97. The third-order valence-electron chi connectivity index (χ3n) is 3.68. The number of hydrogen-bond acceptors (Lipinski definition) is 1. The first-order valence-corrected chi connectivity index (χ1v) is 5.34. The van der Waals surface area contributed by atoms with Gasteiger partial charge >= 0.3 is 0 Å². The molecule has 1 unspecified atom stereocenters. The minimum absolute atomic E-state index is 0.474. The topological polar surface area (TPSA) is 26.0 Å². The summed E-state index contributed by atoms with van der Waals surface area (Å²) in [6.45, 7) is 7.05. The van der Waals surface area contributed by atoms with E-state index in [0.29, 0.717) is 11.5 Å². The highest BCUT2D eigenvalue weighted by Gasteiger charge is 2.38. The van der Waals surface area contributed by atoms with Crippen LogP contribution < -0.4 is 5.73 Å². The molecule has 1 fully saturated rings. The van der Waals surface area contributed by atoms with Crippen molar-refractivity contribution in [1.82, 2.24) is 0 Å². The van der Waals surface area contributed by atoms with Gasteiger partial charge in [0.2, 0.25) is 0 Å². The Bertz CT molecular complexity index is 144. The maximum atomic E-state index is 5.97. The lowest BCUT2D eigenvalue weighted by Gasteiger charge is -2.29. The fourth-order valence-corrected chi connectivity index (χ4v) is 2.55. The first-order chi connectivity index (χ1) is 5.58. The van der Waals surface area contributed by atoms with Gasteiger partial charge in [-0.1, -0.05) is 33.6 Å². The van der Waals surface area contributed by atoms with Crippen LogP contribution in [0.5, 0.6) is 0 Å². The number of nitrogens with two attached hydrogens (primary N) is 1. The van der Waals surface area contributed by atoms with Gasteiger partial charge in [-0.3, -0.25) is 0 Å². The number of hydrogen-bond donors (Lipinski definition) is 1. The molecule has 0 aliphatic heterocycles. The smallest absolute Gasteiger partial charge is 0.00468 e. The highest BCUT2D eigenvalue weighted by Crippen LogP contribution is 2.45. The van der Waals surface area contributed by atoms with E-state index in [1.54, 1.807) is 0 Å². The Morgan fingerprint density at radius 1 is 1.50 bits per heavy atom. The van der Waals surface area contributed by atoms with E-state index in [1.165, 1.54) is 32.1 Å². The van der Waals surface area contributed by atoms with Crippen LogP contribution >= 0.6 is 0 Å². The van der Waals surface area contributed by atoms with E-state index < -0.39 is 0 Å². The highest BCUT2D eigenvalue weighted by atomic mass is 14.7. The molecule has 1 heteroatoms. The Kier molecular flexibility index (Phi) is 3.16. The molecular formula is C11H23N. The summed E-state index contributed by atoms with van der Waals surface area (Å²) in [5.74, 6) is 0.832. The van der Waals surface area contributed by atoms with E-state index in [9.17, 15) is 0 Å². The Labute approximate surface area is 76.7 Å². The van der Waals surface area contributed by atoms with E-state index in [1.807, 2.05) is 0 Å². The summed E-state index contributed by atoms with van der Waals surface area (Å²) in [4.78, 5) is 0. The zero-order chi connectivity index (χ0) is 9.19. The van der Waals surface area contributed by atoms with Crippen molar-refractivity contribution in [3.05, 3.63) is 0 Å². The summed E-state index contributed by atoms with van der Waals surface area (Å²) >= 11 is 0. The molecule has 0 aromatic heterocycles. The van der Waals surface area contributed by atoms with Crippen LogP contribution in [0.25, 0.3) is 0 Å². The number of rotatable bonds is 3. The van der Waals surface area contributed by atoms with Crippen LogP contribution in [0.2, 0.25) is 0 Å². The van der Waals surface area contributed by atoms with E-state index in [2.05, 4.69) is 20.8 Å². The van der Waals surface area contributed by atoms with Gasteiger partial charge in [0, 0.05) is 6.04 Å². The molecular weight excluding hydrogens is 146 g/mol. The molecule has 0 bridgehead atoms. The van der Waals surface area contributed by atoms with E-state index >= 15 is 0 Å². The van der Waals surface area contributed by atoms with Crippen molar-refractivity contribution in [1.29, 1.82) is 0 Å². The lowest BCUT2D eigenvalue weighted by atomic mass is 9.77. The van der Waals surface area contributed by atoms with Gasteiger partial charge in [-0.2, -0.15) is 0 Å². The first kappa shape index (κ1) is 10.0. The summed E-state index contributed by atoms with van der Waals surface area (Å²) in [7, 11) is 0. The van der Waals surface area contributed by atoms with Crippen LogP contribution in [-0.4, -0.2) is 6.04 Å². The molecule has 72 valence electrons. The Balaban J connectivity index is 2.46. The quantitative estimate of drug-likeness (QED) is 0.690. The van der Waals surface area contributed by atoms with E-state index in [0.717, 1.165) is 5.92 Å². The van der Waals surface area contributed by atoms with Crippen molar-refractivity contribution in [3.8, 4) is 0 Å². The summed E-state index contributed by atoms with van der Waals surface area (Å²) < 4.78 is 0. The molecule has 2 N–H and O–H groups in total. The summed E-state index contributed by atoms with van der Waals surface area (Å²) in [5.41, 5.74) is 6.52. The molecule has 1 saturated carbocycles. The van der Waals surface area contributed by atoms with E-state index in [-0.39, 0.29) is 0 Å². The zero-order valence-electron chi connectivity index (χ0n) is 8.77. The second kappa shape index (κ2) is 3.78. The lowest BCUT2D eigenvalue weighted by Crippen LogP contribution is -2.21. The SMILES string of the molecule is CCCC[C@]1(C)C[C@H](N)CC1C. The van der Waals surface area contributed by atoms with Gasteiger partial charge in [0.1, 0.15) is 0 Å². The summed E-state index contributed by atoms with van der Waals surface area (Å²) in [6.07, 6.45) is 6.54. The van der Waals surface area contributed by atoms with Gasteiger partial charge in [0.05, 0.1) is 0 Å². The third-order valence-corrected chi connectivity index (χ3v) is 3.68. The molecule has 1 nitrogen and oxygen atoms in total. The molecule has 0 aromatic carbocycles. The monoisotopic (exact) mass is 169 g/mol. The largest absolute Gasteiger partial charge is 0.328 e. The summed E-state index contributed by atoms with van der Waals surface area (Å²) in [6, 6.07) is 0.474. The Hall–Kier alpha value is -0.0400. The van der Waals surface area contributed by atoms with Crippen LogP contribution in [0, 0.1) is 11.3 Å². The molecule has 0 amide bonds. The second-order valence-corrected chi connectivity index (χ2v) is 4.86. The zero-order valence-corrected chi connectivity index (χ0v) is 8.77. The average molecular weight is 169 g/mol. The van der Waals surface area contributed by atoms with Crippen LogP contribution in [0.4, 0.5) is 0 Å². The van der Waals surface area contributed by atoms with Gasteiger partial charge in [-0.05, 0) is 30.6 Å². The minimum atomic E-state index is 0.474. The third kappa shape index (κ3) is 2.01. The Morgan fingerprint density at radius 3 is 2.58 bits per heavy atom. The molecule has 0 heterocycles. The molecule has 0 radical (unpaired) electrons. The molecule has 1 aliphatic carbocycles. The molecule has 12 heavy (non-hydrogen) atoms. The van der Waals surface area contributed by atoms with E-state index in [4.69, 9.17) is 5.73 Å². The molecule has 0 spiro atoms. The van der Waals surface area contributed by atoms with Gasteiger partial charge in [-0.15, -0.1) is 0 Å². The average Bonchev–Trinajstić information content (AvgIpc) is 2.23. The molecule has 0 aromatic rings. The first-order valence-electron chi connectivity index (χ1n) is 5.34. The fourth-order valence-electron chi connectivity index (χ4n) is 2.55. The van der Waals surface area contributed by atoms with Gasteiger partial charge in [-0.25, -0.2) is 0 Å².